The second-order valence-corrected chi connectivity index (χ2v) is 17.6. The first-order valence-corrected chi connectivity index (χ1v) is 19.5. The molecule has 0 amide bonds. The third-order valence-corrected chi connectivity index (χ3v) is 11.4. The number of ether oxygens (including phenoxy) is 1. The summed E-state index contributed by atoms with van der Waals surface area (Å²) in [7, 11) is 0. The van der Waals surface area contributed by atoms with E-state index in [-0.39, 0.29) is 37.3 Å². The van der Waals surface area contributed by atoms with Crippen LogP contribution < -0.4 is 14.5 Å². The van der Waals surface area contributed by atoms with Crippen molar-refractivity contribution in [1.82, 2.24) is 9.55 Å². The van der Waals surface area contributed by atoms with E-state index in [2.05, 4.69) is 212 Å². The first-order chi connectivity index (χ1) is 26.6. The Morgan fingerprint density at radius 3 is 1.98 bits per heavy atom. The van der Waals surface area contributed by atoms with Gasteiger partial charge in [0.15, 0.2) is 0 Å². The van der Waals surface area contributed by atoms with Gasteiger partial charge in [-0.1, -0.05) is 122 Å². The van der Waals surface area contributed by atoms with E-state index in [9.17, 15) is 0 Å². The molecule has 0 aliphatic carbocycles. The molecule has 6 heteroatoms. The number of rotatable bonds is 7. The van der Waals surface area contributed by atoms with E-state index >= 15 is 0 Å². The molecule has 1 aliphatic heterocycles. The van der Waals surface area contributed by atoms with E-state index in [4.69, 9.17) is 9.72 Å². The Kier molecular flexibility index (Phi) is 10.5. The zero-order valence-electron chi connectivity index (χ0n) is 34.6. The maximum Gasteiger partial charge on any atom is 0.135 e. The summed E-state index contributed by atoms with van der Waals surface area (Å²) in [5.74, 6) is 2.09. The van der Waals surface area contributed by atoms with E-state index in [1.54, 1.807) is 0 Å². The van der Waals surface area contributed by atoms with Crippen LogP contribution in [0.5, 0.6) is 11.5 Å². The molecule has 3 heterocycles. The van der Waals surface area contributed by atoms with Crippen LogP contribution in [-0.4, -0.2) is 9.55 Å². The van der Waals surface area contributed by atoms with Gasteiger partial charge in [-0.25, -0.2) is 4.98 Å². The molecular formula is C51H51N4OPt-3. The number of para-hydroxylation sites is 1. The Balaban J connectivity index is 0.00000496. The molecule has 7 aromatic rings. The molecule has 8 rings (SSSR count). The molecule has 0 saturated heterocycles. The summed E-state index contributed by atoms with van der Waals surface area (Å²) in [5, 5.41) is 2.24. The van der Waals surface area contributed by atoms with Gasteiger partial charge in [0.25, 0.3) is 0 Å². The first kappa shape index (κ1) is 40.1. The van der Waals surface area contributed by atoms with Gasteiger partial charge < -0.3 is 19.1 Å². The minimum Gasteiger partial charge on any atom is -0.509 e. The van der Waals surface area contributed by atoms with Crippen LogP contribution in [0.1, 0.15) is 91.5 Å². The van der Waals surface area contributed by atoms with Crippen LogP contribution in [0.15, 0.2) is 133 Å². The van der Waals surface area contributed by atoms with Crippen molar-refractivity contribution in [3.05, 3.63) is 174 Å². The zero-order chi connectivity index (χ0) is 39.6. The van der Waals surface area contributed by atoms with Gasteiger partial charge >= 0.3 is 0 Å². The minimum absolute atomic E-state index is 0. The van der Waals surface area contributed by atoms with Gasteiger partial charge in [-0.05, 0) is 82.5 Å². The summed E-state index contributed by atoms with van der Waals surface area (Å²) in [6.45, 7) is 24.5. The van der Waals surface area contributed by atoms with Crippen molar-refractivity contribution in [3.63, 3.8) is 0 Å². The Morgan fingerprint density at radius 2 is 1.25 bits per heavy atom. The molecule has 0 unspecified atom stereocenters. The molecule has 0 saturated carbocycles. The average Bonchev–Trinajstić information content (AvgIpc) is 3.67. The average molecular weight is 931 g/mol. The van der Waals surface area contributed by atoms with Gasteiger partial charge in [0, 0.05) is 61.4 Å². The standard InChI is InChI=1S/C51H51N4O.Pt/c1-34-35(2)54(33-53(34)40-20-16-19-37(27-40)49(3,4)5)41-28-39(51(9,10)36-17-12-11-13-18-36)29-43(31-41)56-42-23-24-45-44-21-14-15-22-46(44)55(47(45)32-42)48-30-38(25-26-52-48)50(6,7)8;/h11-30,33H,1-10H3;/q-3;. The van der Waals surface area contributed by atoms with Crippen molar-refractivity contribution in [2.45, 2.75) is 85.5 Å². The number of aromatic nitrogens is 2. The van der Waals surface area contributed by atoms with Crippen LogP contribution in [0.25, 0.3) is 27.6 Å². The molecule has 57 heavy (non-hydrogen) atoms. The summed E-state index contributed by atoms with van der Waals surface area (Å²) < 4.78 is 9.04. The Hall–Kier alpha value is -5.12. The Labute approximate surface area is 353 Å². The quantitative estimate of drug-likeness (QED) is 0.149. The number of allylic oxidation sites excluding steroid dienone is 2. The summed E-state index contributed by atoms with van der Waals surface area (Å²) in [6, 6.07) is 48.2. The third-order valence-electron chi connectivity index (χ3n) is 11.4. The fourth-order valence-electron chi connectivity index (χ4n) is 7.66. The largest absolute Gasteiger partial charge is 0.509 e. The smallest absolute Gasteiger partial charge is 0.135 e. The molecule has 2 aromatic heterocycles. The molecule has 0 fully saturated rings. The van der Waals surface area contributed by atoms with Crippen molar-refractivity contribution in [2.75, 3.05) is 9.80 Å². The van der Waals surface area contributed by atoms with Gasteiger partial charge in [-0.2, -0.15) is 6.07 Å². The number of hydrogen-bond donors (Lipinski definition) is 0. The number of nitrogens with zero attached hydrogens (tertiary/aromatic N) is 4. The van der Waals surface area contributed by atoms with Crippen LogP contribution >= 0.6 is 0 Å². The molecule has 0 atom stereocenters. The molecule has 5 nitrogen and oxygen atoms in total. The Bertz CT molecular complexity index is 2620. The van der Waals surface area contributed by atoms with Crippen molar-refractivity contribution in [2.24, 2.45) is 0 Å². The second kappa shape index (κ2) is 15.0. The van der Waals surface area contributed by atoms with E-state index in [1.165, 1.54) is 16.7 Å². The molecular weight excluding hydrogens is 880 g/mol. The van der Waals surface area contributed by atoms with E-state index in [1.807, 2.05) is 12.3 Å². The maximum absolute atomic E-state index is 6.83. The minimum atomic E-state index is -0.319. The monoisotopic (exact) mass is 930 g/mol. The molecule has 294 valence electrons. The number of benzene rings is 5. The molecule has 1 aliphatic rings. The van der Waals surface area contributed by atoms with Crippen LogP contribution in [0.2, 0.25) is 0 Å². The van der Waals surface area contributed by atoms with Crippen molar-refractivity contribution >= 4 is 33.2 Å². The van der Waals surface area contributed by atoms with E-state index in [0.29, 0.717) is 11.5 Å². The van der Waals surface area contributed by atoms with Crippen molar-refractivity contribution in [3.8, 4) is 17.3 Å². The molecule has 0 N–H and O–H groups in total. The first-order valence-electron chi connectivity index (χ1n) is 19.5. The van der Waals surface area contributed by atoms with Crippen LogP contribution in [0, 0.1) is 18.8 Å². The molecule has 0 bridgehead atoms. The number of pyridine rings is 1. The van der Waals surface area contributed by atoms with Crippen molar-refractivity contribution in [1.29, 1.82) is 0 Å². The van der Waals surface area contributed by atoms with E-state index in [0.717, 1.165) is 56.0 Å². The number of fused-ring (bicyclic) bond motifs is 3. The third kappa shape index (κ3) is 7.55. The van der Waals surface area contributed by atoms with Crippen LogP contribution in [-0.2, 0) is 37.3 Å². The van der Waals surface area contributed by atoms with Gasteiger partial charge in [0.2, 0.25) is 0 Å². The van der Waals surface area contributed by atoms with E-state index < -0.39 is 0 Å². The van der Waals surface area contributed by atoms with Gasteiger partial charge in [0.05, 0.1) is 0 Å². The second-order valence-electron chi connectivity index (χ2n) is 17.6. The molecule has 0 radical (unpaired) electrons. The zero-order valence-corrected chi connectivity index (χ0v) is 36.9. The summed E-state index contributed by atoms with van der Waals surface area (Å²) in [6.07, 6.45) is 1.91. The summed E-state index contributed by atoms with van der Waals surface area (Å²) >= 11 is 0. The maximum atomic E-state index is 6.83. The van der Waals surface area contributed by atoms with Crippen molar-refractivity contribution < 1.29 is 25.8 Å². The number of hydrogen-bond acceptors (Lipinski definition) is 4. The number of anilines is 2. The van der Waals surface area contributed by atoms with Gasteiger partial charge in [0.1, 0.15) is 5.82 Å². The fourth-order valence-corrected chi connectivity index (χ4v) is 7.66. The van der Waals surface area contributed by atoms with Crippen LogP contribution in [0.4, 0.5) is 11.4 Å². The summed E-state index contributed by atoms with van der Waals surface area (Å²) in [4.78, 5) is 9.38. The molecule has 0 spiro atoms. The van der Waals surface area contributed by atoms with Gasteiger partial charge in [-0.15, -0.1) is 53.6 Å². The van der Waals surface area contributed by atoms with Crippen LogP contribution in [0.3, 0.4) is 0 Å². The predicted molar refractivity (Wildman–Crippen MR) is 233 cm³/mol. The SMILES string of the molecule is CC1=C(C)N(c2cccc(C(C)(C)C)c2)[CH-]N1c1[c-]c(Oc2[c-]c3c(cc2)c2ccccc2n3-c2cc(C(C)(C)C)ccn2)cc(C(C)(C)c2ccccc2)c1.[Pt]. The topological polar surface area (TPSA) is 33.5 Å². The normalized spacial score (nSPS) is 13.8. The molecule has 5 aromatic carbocycles. The van der Waals surface area contributed by atoms with Gasteiger partial charge in [-0.3, -0.25) is 0 Å². The predicted octanol–water partition coefficient (Wildman–Crippen LogP) is 13.2. The summed E-state index contributed by atoms with van der Waals surface area (Å²) in [5.41, 5.74) is 10.9. The fraction of sp³-hybridized carbons (Fsp3) is 0.255. The Morgan fingerprint density at radius 1 is 0.579 bits per heavy atom.